The van der Waals surface area contributed by atoms with Crippen LogP contribution in [0.5, 0.6) is 0 Å². The van der Waals surface area contributed by atoms with Crippen molar-refractivity contribution < 1.29 is 28.6 Å². The Morgan fingerprint density at radius 3 is 1.54 bits per heavy atom. The Morgan fingerprint density at radius 2 is 0.935 bits per heavy atom. The lowest BCUT2D eigenvalue weighted by molar-refractivity contribution is -0.166. The van der Waals surface area contributed by atoms with Gasteiger partial charge in [-0.3, -0.25) is 14.4 Å². The van der Waals surface area contributed by atoms with Crippen LogP contribution in [-0.4, -0.2) is 37.2 Å². The van der Waals surface area contributed by atoms with E-state index >= 15 is 0 Å². The fourth-order valence-electron chi connectivity index (χ4n) is 4.51. The van der Waals surface area contributed by atoms with Gasteiger partial charge in [-0.1, -0.05) is 133 Å². The highest BCUT2D eigenvalue weighted by atomic mass is 16.6. The van der Waals surface area contributed by atoms with Crippen LogP contribution in [0.3, 0.4) is 0 Å². The second kappa shape index (κ2) is 35.0. The zero-order valence-corrected chi connectivity index (χ0v) is 29.6. The molecular formula is C40H66O6. The molecular weight excluding hydrogens is 576 g/mol. The lowest BCUT2D eigenvalue weighted by Crippen LogP contribution is -2.30. The predicted molar refractivity (Wildman–Crippen MR) is 191 cm³/mol. The summed E-state index contributed by atoms with van der Waals surface area (Å²) in [5, 5.41) is 0. The molecule has 0 N–H and O–H groups in total. The summed E-state index contributed by atoms with van der Waals surface area (Å²) in [4.78, 5) is 37.1. The highest BCUT2D eigenvalue weighted by Gasteiger charge is 2.19. The summed E-state index contributed by atoms with van der Waals surface area (Å²) in [6.45, 7) is 6.25. The van der Waals surface area contributed by atoms with Gasteiger partial charge in [0.1, 0.15) is 13.2 Å². The van der Waals surface area contributed by atoms with Gasteiger partial charge in [-0.05, 0) is 64.2 Å². The zero-order chi connectivity index (χ0) is 33.8. The number of esters is 3. The first-order chi connectivity index (χ1) is 22.5. The molecule has 46 heavy (non-hydrogen) atoms. The topological polar surface area (TPSA) is 78.9 Å². The number of unbranched alkanes of at least 4 members (excludes halogenated alkanes) is 10. The first kappa shape index (κ1) is 43.1. The van der Waals surface area contributed by atoms with Crippen LogP contribution >= 0.6 is 0 Å². The summed E-state index contributed by atoms with van der Waals surface area (Å²) in [5.74, 6) is -1.03. The quantitative estimate of drug-likeness (QED) is 0.0324. The molecule has 0 spiro atoms. The van der Waals surface area contributed by atoms with Gasteiger partial charge in [0.05, 0.1) is 0 Å². The van der Waals surface area contributed by atoms with E-state index in [1.165, 1.54) is 12.8 Å². The molecule has 6 nitrogen and oxygen atoms in total. The Kier molecular flexibility index (Phi) is 32.8. The van der Waals surface area contributed by atoms with Crippen molar-refractivity contribution in [1.29, 1.82) is 0 Å². The molecule has 6 heteroatoms. The molecule has 0 fully saturated rings. The first-order valence-corrected chi connectivity index (χ1v) is 18.3. The lowest BCUT2D eigenvalue weighted by Gasteiger charge is -2.18. The molecule has 1 unspecified atom stereocenters. The third-order valence-corrected chi connectivity index (χ3v) is 7.25. The minimum absolute atomic E-state index is 0.102. The molecule has 0 radical (unpaired) electrons. The van der Waals surface area contributed by atoms with Gasteiger partial charge in [-0.25, -0.2) is 0 Å². The average molecular weight is 643 g/mol. The third kappa shape index (κ3) is 32.5. The molecule has 0 aromatic rings. The maximum atomic E-state index is 12.5. The summed E-state index contributed by atoms with van der Waals surface area (Å²) in [6, 6.07) is 0. The van der Waals surface area contributed by atoms with Crippen molar-refractivity contribution in [1.82, 2.24) is 0 Å². The van der Waals surface area contributed by atoms with E-state index in [1.807, 2.05) is 12.2 Å². The molecule has 0 amide bonds. The Balaban J connectivity index is 4.45. The van der Waals surface area contributed by atoms with E-state index in [2.05, 4.69) is 69.4 Å². The molecule has 0 aliphatic carbocycles. The summed E-state index contributed by atoms with van der Waals surface area (Å²) in [6.07, 6.45) is 39.6. The second-order valence-electron chi connectivity index (χ2n) is 11.7. The SMILES string of the molecule is CC/C=C\C/C=C\C/C=C\C/C=C\CCC(=O)OCC(COC(=O)CCCCCCC)OC(=O)CCCCCCC/C=C\CCC. The Bertz CT molecular complexity index is 882. The van der Waals surface area contributed by atoms with Crippen molar-refractivity contribution in [2.45, 2.75) is 162 Å². The van der Waals surface area contributed by atoms with Crippen LogP contribution in [0.4, 0.5) is 0 Å². The third-order valence-electron chi connectivity index (χ3n) is 7.25. The molecule has 0 aromatic heterocycles. The van der Waals surface area contributed by atoms with E-state index < -0.39 is 6.10 Å². The maximum absolute atomic E-state index is 12.5. The van der Waals surface area contributed by atoms with Crippen LogP contribution in [0, 0.1) is 0 Å². The van der Waals surface area contributed by atoms with E-state index in [9.17, 15) is 14.4 Å². The van der Waals surface area contributed by atoms with E-state index in [0.717, 1.165) is 96.3 Å². The largest absolute Gasteiger partial charge is 0.462 e. The second-order valence-corrected chi connectivity index (χ2v) is 11.7. The van der Waals surface area contributed by atoms with Crippen LogP contribution in [0.1, 0.15) is 156 Å². The Labute approximate surface area is 281 Å². The lowest BCUT2D eigenvalue weighted by atomic mass is 10.1. The number of hydrogen-bond donors (Lipinski definition) is 0. The summed E-state index contributed by atoms with van der Waals surface area (Å²) in [5.41, 5.74) is 0. The predicted octanol–water partition coefficient (Wildman–Crippen LogP) is 11.0. The van der Waals surface area contributed by atoms with Crippen molar-refractivity contribution in [2.75, 3.05) is 13.2 Å². The summed E-state index contributed by atoms with van der Waals surface area (Å²) < 4.78 is 16.4. The highest BCUT2D eigenvalue weighted by Crippen LogP contribution is 2.11. The van der Waals surface area contributed by atoms with Crippen molar-refractivity contribution >= 4 is 17.9 Å². The van der Waals surface area contributed by atoms with Gasteiger partial charge in [0.15, 0.2) is 6.10 Å². The number of rotatable bonds is 31. The fourth-order valence-corrected chi connectivity index (χ4v) is 4.51. The van der Waals surface area contributed by atoms with Gasteiger partial charge >= 0.3 is 17.9 Å². The van der Waals surface area contributed by atoms with Crippen LogP contribution in [0.25, 0.3) is 0 Å². The van der Waals surface area contributed by atoms with Gasteiger partial charge in [0.2, 0.25) is 0 Å². The van der Waals surface area contributed by atoms with Crippen LogP contribution < -0.4 is 0 Å². The van der Waals surface area contributed by atoms with Crippen LogP contribution in [0.15, 0.2) is 60.8 Å². The molecule has 262 valence electrons. The van der Waals surface area contributed by atoms with Gasteiger partial charge in [0.25, 0.3) is 0 Å². The number of carbonyl (C=O) groups is 3. The van der Waals surface area contributed by atoms with Gasteiger partial charge in [-0.2, -0.15) is 0 Å². The molecule has 1 atom stereocenters. The highest BCUT2D eigenvalue weighted by molar-refractivity contribution is 5.71. The molecule has 0 aromatic carbocycles. The van der Waals surface area contributed by atoms with E-state index in [4.69, 9.17) is 14.2 Å². The fraction of sp³-hybridized carbons (Fsp3) is 0.675. The molecule has 0 bridgehead atoms. The normalized spacial score (nSPS) is 12.7. The monoisotopic (exact) mass is 642 g/mol. The van der Waals surface area contributed by atoms with Crippen LogP contribution in [0.2, 0.25) is 0 Å². The van der Waals surface area contributed by atoms with Gasteiger partial charge in [0, 0.05) is 19.3 Å². The van der Waals surface area contributed by atoms with E-state index in [0.29, 0.717) is 19.3 Å². The van der Waals surface area contributed by atoms with Gasteiger partial charge < -0.3 is 14.2 Å². The van der Waals surface area contributed by atoms with E-state index in [-0.39, 0.29) is 37.5 Å². The zero-order valence-electron chi connectivity index (χ0n) is 29.6. The summed E-state index contributed by atoms with van der Waals surface area (Å²) >= 11 is 0. The van der Waals surface area contributed by atoms with Crippen molar-refractivity contribution in [2.24, 2.45) is 0 Å². The molecule has 0 rings (SSSR count). The molecule has 0 saturated heterocycles. The average Bonchev–Trinajstić information content (AvgIpc) is 3.05. The number of allylic oxidation sites excluding steroid dienone is 10. The molecule has 0 saturated carbocycles. The number of hydrogen-bond acceptors (Lipinski definition) is 6. The van der Waals surface area contributed by atoms with E-state index in [1.54, 1.807) is 0 Å². The molecule has 0 aliphatic rings. The smallest absolute Gasteiger partial charge is 0.306 e. The minimum Gasteiger partial charge on any atom is -0.462 e. The molecule has 0 heterocycles. The minimum atomic E-state index is -0.798. The molecule has 0 aliphatic heterocycles. The summed E-state index contributed by atoms with van der Waals surface area (Å²) in [7, 11) is 0. The van der Waals surface area contributed by atoms with Crippen molar-refractivity contribution in [3.63, 3.8) is 0 Å². The Hall–Kier alpha value is -2.89. The Morgan fingerprint density at radius 1 is 0.457 bits per heavy atom. The van der Waals surface area contributed by atoms with Crippen LogP contribution in [-0.2, 0) is 28.6 Å². The first-order valence-electron chi connectivity index (χ1n) is 18.3. The number of ether oxygens (including phenoxy) is 3. The standard InChI is InChI=1S/C40H66O6/c1-4-7-10-13-15-17-19-20-21-23-24-27-30-33-39(42)45-36-37(35-44-38(41)32-29-26-12-9-6-3)46-40(43)34-31-28-25-22-18-16-14-11-8-5-2/h7,10-11,14-15,17,20-21,24,27,37H,4-6,8-9,12-13,16,18-19,22-23,25-26,28-36H2,1-3H3/b10-7-,14-11-,17-15-,21-20-,27-24-. The van der Waals surface area contributed by atoms with Crippen molar-refractivity contribution in [3.05, 3.63) is 60.8 Å². The maximum Gasteiger partial charge on any atom is 0.306 e. The number of carbonyl (C=O) groups excluding carboxylic acids is 3. The van der Waals surface area contributed by atoms with Gasteiger partial charge in [-0.15, -0.1) is 0 Å². The van der Waals surface area contributed by atoms with Crippen molar-refractivity contribution in [3.8, 4) is 0 Å².